The number of piperazine rings is 1. The highest BCUT2D eigenvalue weighted by Crippen LogP contribution is 2.35. The Morgan fingerprint density at radius 3 is 2.51 bits per heavy atom. The number of amides is 1. The molecule has 0 bridgehead atoms. The van der Waals surface area contributed by atoms with E-state index in [4.69, 9.17) is 10.00 Å². The molecule has 4 rings (SSSR count). The van der Waals surface area contributed by atoms with Gasteiger partial charge in [0.15, 0.2) is 0 Å². The van der Waals surface area contributed by atoms with E-state index in [1.165, 1.54) is 24.5 Å². The van der Waals surface area contributed by atoms with Crippen molar-refractivity contribution in [3.8, 4) is 6.07 Å². The van der Waals surface area contributed by atoms with Crippen LogP contribution in [0.3, 0.4) is 0 Å². The molecule has 2 aromatic carbocycles. The molecular formula is C25H22F3N5O2. The van der Waals surface area contributed by atoms with Crippen LogP contribution >= 0.6 is 0 Å². The van der Waals surface area contributed by atoms with E-state index in [2.05, 4.69) is 9.97 Å². The van der Waals surface area contributed by atoms with E-state index >= 15 is 0 Å². The molecule has 7 nitrogen and oxygen atoms in total. The fourth-order valence-corrected chi connectivity index (χ4v) is 3.99. The minimum Gasteiger partial charge on any atom is -0.375 e. The standard InChI is InChI=1S/C25H22F3N5O2/c26-25(27,28)22-13-20(8-7-19(22)14-29)32-11-12-33(24(34)23-30-9-4-10-31-23)21(15-32)17-35-16-18-5-2-1-3-6-18/h1-10,13,21H,11-12,15-17H2. The smallest absolute Gasteiger partial charge is 0.375 e. The second kappa shape index (κ2) is 10.5. The second-order valence-electron chi connectivity index (χ2n) is 8.01. The van der Waals surface area contributed by atoms with Gasteiger partial charge < -0.3 is 14.5 Å². The maximum Gasteiger partial charge on any atom is 0.417 e. The van der Waals surface area contributed by atoms with E-state index in [-0.39, 0.29) is 31.4 Å². The number of aromatic nitrogens is 2. The number of hydrogen-bond donors (Lipinski definition) is 0. The van der Waals surface area contributed by atoms with Gasteiger partial charge in [0.2, 0.25) is 5.82 Å². The summed E-state index contributed by atoms with van der Waals surface area (Å²) in [6.45, 7) is 1.30. The van der Waals surface area contributed by atoms with Crippen molar-refractivity contribution in [1.82, 2.24) is 14.9 Å². The Morgan fingerprint density at radius 2 is 1.83 bits per heavy atom. The highest BCUT2D eigenvalue weighted by molar-refractivity contribution is 5.90. The number of anilines is 1. The number of carbonyl (C=O) groups is 1. The summed E-state index contributed by atoms with van der Waals surface area (Å²) in [5.74, 6) is -0.318. The predicted molar refractivity (Wildman–Crippen MR) is 121 cm³/mol. The summed E-state index contributed by atoms with van der Waals surface area (Å²) in [4.78, 5) is 24.5. The fraction of sp³-hybridized carbons (Fsp3) is 0.280. The summed E-state index contributed by atoms with van der Waals surface area (Å²) >= 11 is 0. The van der Waals surface area contributed by atoms with Gasteiger partial charge in [-0.3, -0.25) is 4.79 Å². The zero-order valence-electron chi connectivity index (χ0n) is 18.7. The van der Waals surface area contributed by atoms with Crippen molar-refractivity contribution in [3.63, 3.8) is 0 Å². The largest absolute Gasteiger partial charge is 0.417 e. The Labute approximate surface area is 200 Å². The van der Waals surface area contributed by atoms with Crippen LogP contribution in [0.4, 0.5) is 18.9 Å². The summed E-state index contributed by atoms with van der Waals surface area (Å²) in [5.41, 5.74) is -0.122. The van der Waals surface area contributed by atoms with Crippen molar-refractivity contribution in [3.05, 3.63) is 89.5 Å². The fourth-order valence-electron chi connectivity index (χ4n) is 3.99. The number of benzene rings is 2. The zero-order chi connectivity index (χ0) is 24.8. The SMILES string of the molecule is N#Cc1ccc(N2CCN(C(=O)c3ncccn3)C(COCc3ccccc3)C2)cc1C(F)(F)F. The predicted octanol–water partition coefficient (Wildman–Crippen LogP) is 3.91. The molecule has 1 fully saturated rings. The van der Waals surface area contributed by atoms with Crippen molar-refractivity contribution in [1.29, 1.82) is 5.26 Å². The maximum atomic E-state index is 13.5. The first-order chi connectivity index (χ1) is 16.9. The van der Waals surface area contributed by atoms with Crippen molar-refractivity contribution < 1.29 is 22.7 Å². The molecule has 1 aliphatic heterocycles. The molecule has 1 unspecified atom stereocenters. The number of rotatable bonds is 6. The summed E-state index contributed by atoms with van der Waals surface area (Å²) in [7, 11) is 0. The Hall–Kier alpha value is -3.97. The van der Waals surface area contributed by atoms with Crippen LogP contribution in [-0.4, -0.2) is 53.1 Å². The van der Waals surface area contributed by atoms with Gasteiger partial charge in [-0.05, 0) is 29.8 Å². The molecule has 1 amide bonds. The summed E-state index contributed by atoms with van der Waals surface area (Å²) in [6.07, 6.45) is -1.69. The third-order valence-electron chi connectivity index (χ3n) is 5.72. The Bertz CT molecular complexity index is 1200. The van der Waals surface area contributed by atoms with E-state index in [1.54, 1.807) is 21.9 Å². The second-order valence-corrected chi connectivity index (χ2v) is 8.01. The van der Waals surface area contributed by atoms with Gasteiger partial charge in [0.1, 0.15) is 0 Å². The van der Waals surface area contributed by atoms with Crippen LogP contribution < -0.4 is 4.90 Å². The van der Waals surface area contributed by atoms with Crippen LogP contribution in [0.5, 0.6) is 0 Å². The first-order valence-corrected chi connectivity index (χ1v) is 10.9. The topological polar surface area (TPSA) is 82.4 Å². The van der Waals surface area contributed by atoms with Crippen molar-refractivity contribution >= 4 is 11.6 Å². The van der Waals surface area contributed by atoms with Crippen LogP contribution in [0.15, 0.2) is 67.0 Å². The molecule has 1 atom stereocenters. The molecule has 2 heterocycles. The third kappa shape index (κ3) is 5.75. The summed E-state index contributed by atoms with van der Waals surface area (Å²) in [6, 6.07) is 15.9. The number of ether oxygens (including phenoxy) is 1. The van der Waals surface area contributed by atoms with Gasteiger partial charge >= 0.3 is 6.18 Å². The zero-order valence-corrected chi connectivity index (χ0v) is 18.7. The summed E-state index contributed by atoms with van der Waals surface area (Å²) in [5, 5.41) is 9.08. The minimum atomic E-state index is -4.65. The lowest BCUT2D eigenvalue weighted by Gasteiger charge is -2.42. The number of nitrogens with zero attached hydrogens (tertiary/aromatic N) is 5. The first kappa shape index (κ1) is 24.2. The molecule has 0 spiro atoms. The van der Waals surface area contributed by atoms with Crippen LogP contribution in [0.1, 0.15) is 27.3 Å². The molecule has 35 heavy (non-hydrogen) atoms. The Morgan fingerprint density at radius 1 is 1.09 bits per heavy atom. The molecule has 0 N–H and O–H groups in total. The van der Waals surface area contributed by atoms with Gasteiger partial charge in [0, 0.05) is 37.7 Å². The lowest BCUT2D eigenvalue weighted by atomic mass is 10.0. The summed E-state index contributed by atoms with van der Waals surface area (Å²) < 4.78 is 46.3. The lowest BCUT2D eigenvalue weighted by Crippen LogP contribution is -2.57. The van der Waals surface area contributed by atoms with Crippen LogP contribution in [0.2, 0.25) is 0 Å². The Kier molecular flexibility index (Phi) is 7.27. The molecule has 180 valence electrons. The quantitative estimate of drug-likeness (QED) is 0.531. The highest BCUT2D eigenvalue weighted by Gasteiger charge is 2.36. The van der Waals surface area contributed by atoms with Gasteiger partial charge in [0.05, 0.1) is 36.5 Å². The number of halogens is 3. The van der Waals surface area contributed by atoms with Gasteiger partial charge in [-0.15, -0.1) is 0 Å². The van der Waals surface area contributed by atoms with Gasteiger partial charge in [-0.1, -0.05) is 30.3 Å². The van der Waals surface area contributed by atoms with Crippen LogP contribution in [0.25, 0.3) is 0 Å². The van der Waals surface area contributed by atoms with Gasteiger partial charge in [-0.2, -0.15) is 18.4 Å². The average molecular weight is 481 g/mol. The number of carbonyl (C=O) groups excluding carboxylic acids is 1. The molecule has 0 aliphatic carbocycles. The lowest BCUT2D eigenvalue weighted by molar-refractivity contribution is -0.137. The number of nitriles is 1. The molecular weight excluding hydrogens is 459 g/mol. The molecule has 0 radical (unpaired) electrons. The van der Waals surface area contributed by atoms with Crippen molar-refractivity contribution in [2.45, 2.75) is 18.8 Å². The first-order valence-electron chi connectivity index (χ1n) is 10.9. The van der Waals surface area contributed by atoms with E-state index < -0.39 is 23.3 Å². The third-order valence-corrected chi connectivity index (χ3v) is 5.72. The normalized spacial score (nSPS) is 16.1. The number of hydrogen-bond acceptors (Lipinski definition) is 6. The Balaban J connectivity index is 1.55. The minimum absolute atomic E-state index is 0.0479. The maximum absolute atomic E-state index is 13.5. The van der Waals surface area contributed by atoms with E-state index in [1.807, 2.05) is 30.3 Å². The molecule has 3 aromatic rings. The van der Waals surface area contributed by atoms with Crippen molar-refractivity contribution in [2.24, 2.45) is 0 Å². The molecule has 1 aromatic heterocycles. The van der Waals surface area contributed by atoms with E-state index in [9.17, 15) is 18.0 Å². The average Bonchev–Trinajstić information content (AvgIpc) is 2.88. The molecule has 1 aliphatic rings. The van der Waals surface area contributed by atoms with Crippen LogP contribution in [0, 0.1) is 11.3 Å². The van der Waals surface area contributed by atoms with E-state index in [0.29, 0.717) is 18.8 Å². The molecule has 1 saturated heterocycles. The van der Waals surface area contributed by atoms with Gasteiger partial charge in [0.25, 0.3) is 5.91 Å². The molecule has 0 saturated carbocycles. The van der Waals surface area contributed by atoms with Crippen molar-refractivity contribution in [2.75, 3.05) is 31.1 Å². The monoisotopic (exact) mass is 481 g/mol. The van der Waals surface area contributed by atoms with Gasteiger partial charge in [-0.25, -0.2) is 9.97 Å². The number of alkyl halides is 3. The highest BCUT2D eigenvalue weighted by atomic mass is 19.4. The van der Waals surface area contributed by atoms with Crippen LogP contribution in [-0.2, 0) is 17.5 Å². The molecule has 10 heteroatoms. The van der Waals surface area contributed by atoms with E-state index in [0.717, 1.165) is 11.6 Å².